The molecule has 1 aliphatic rings. The molecule has 1 saturated heterocycles. The lowest BCUT2D eigenvalue weighted by atomic mass is 10.1. The Balaban J connectivity index is 1.46. The van der Waals surface area contributed by atoms with E-state index in [1.165, 1.54) is 35.5 Å². The van der Waals surface area contributed by atoms with Crippen LogP contribution in [0.15, 0.2) is 29.6 Å². The zero-order valence-corrected chi connectivity index (χ0v) is 21.4. The van der Waals surface area contributed by atoms with Crippen molar-refractivity contribution in [2.24, 2.45) is 0 Å². The lowest BCUT2D eigenvalue weighted by Crippen LogP contribution is -2.40. The predicted molar refractivity (Wildman–Crippen MR) is 137 cm³/mol. The molecule has 1 fully saturated rings. The highest BCUT2D eigenvalue weighted by Crippen LogP contribution is 2.16. The predicted octanol–water partition coefficient (Wildman–Crippen LogP) is 2.32. The van der Waals surface area contributed by atoms with Gasteiger partial charge in [-0.25, -0.2) is 4.98 Å². The summed E-state index contributed by atoms with van der Waals surface area (Å²) in [7, 11) is 1.55. The van der Waals surface area contributed by atoms with Crippen LogP contribution in [0.3, 0.4) is 0 Å². The zero-order chi connectivity index (χ0) is 25.0. The molecule has 3 amide bonds. The lowest BCUT2D eigenvalue weighted by Gasteiger charge is -2.26. The van der Waals surface area contributed by atoms with Gasteiger partial charge in [0.1, 0.15) is 6.54 Å². The molecule has 0 atom stereocenters. The van der Waals surface area contributed by atoms with Gasteiger partial charge >= 0.3 is 0 Å². The quantitative estimate of drug-likeness (QED) is 0.463. The molecule has 3 rings (SSSR count). The maximum atomic E-state index is 12.9. The fourth-order valence-corrected chi connectivity index (χ4v) is 4.60. The highest BCUT2D eigenvalue weighted by Gasteiger charge is 2.20. The van der Waals surface area contributed by atoms with Crippen molar-refractivity contribution >= 4 is 34.2 Å². The van der Waals surface area contributed by atoms with Crippen LogP contribution in [0.5, 0.6) is 0 Å². The molecule has 35 heavy (non-hydrogen) atoms. The summed E-state index contributed by atoms with van der Waals surface area (Å²) in [6, 6.07) is 7.23. The molecular formula is C25H35N5O4S. The minimum absolute atomic E-state index is 0.0837. The van der Waals surface area contributed by atoms with Crippen molar-refractivity contribution in [2.45, 2.75) is 32.6 Å². The van der Waals surface area contributed by atoms with Crippen molar-refractivity contribution in [2.75, 3.05) is 58.3 Å². The molecule has 190 valence electrons. The van der Waals surface area contributed by atoms with Crippen LogP contribution < -0.4 is 10.6 Å². The molecule has 2 N–H and O–H groups in total. The number of anilines is 1. The Morgan fingerprint density at radius 2 is 1.86 bits per heavy atom. The Morgan fingerprint density at radius 1 is 1.11 bits per heavy atom. The van der Waals surface area contributed by atoms with Crippen LogP contribution in [0.4, 0.5) is 5.13 Å². The van der Waals surface area contributed by atoms with Crippen LogP contribution in [0.25, 0.3) is 0 Å². The number of carbonyl (C=O) groups excluding carboxylic acids is 3. The van der Waals surface area contributed by atoms with Crippen molar-refractivity contribution in [1.82, 2.24) is 20.1 Å². The number of nitrogens with one attached hydrogen (secondary N) is 2. The van der Waals surface area contributed by atoms with Crippen molar-refractivity contribution in [3.8, 4) is 0 Å². The van der Waals surface area contributed by atoms with Crippen LogP contribution >= 0.6 is 11.3 Å². The number of carbonyl (C=O) groups is 3. The van der Waals surface area contributed by atoms with Crippen LogP contribution in [-0.2, 0) is 20.7 Å². The summed E-state index contributed by atoms with van der Waals surface area (Å²) in [6.07, 6.45) is 3.91. The summed E-state index contributed by atoms with van der Waals surface area (Å²) >= 11 is 1.26. The third-order valence-electron chi connectivity index (χ3n) is 5.82. The molecule has 2 aromatic rings. The van der Waals surface area contributed by atoms with Crippen LogP contribution in [0.1, 0.15) is 40.9 Å². The molecule has 2 heterocycles. The number of benzene rings is 1. The summed E-state index contributed by atoms with van der Waals surface area (Å²) in [5.74, 6) is -0.675. The summed E-state index contributed by atoms with van der Waals surface area (Å²) in [5.41, 5.74) is 2.17. The Kier molecular flexibility index (Phi) is 10.6. The van der Waals surface area contributed by atoms with E-state index in [1.54, 1.807) is 24.6 Å². The molecule has 0 bridgehead atoms. The fourth-order valence-electron chi connectivity index (χ4n) is 3.87. The van der Waals surface area contributed by atoms with Gasteiger partial charge in [-0.05, 0) is 45.0 Å². The number of hydrogen-bond donors (Lipinski definition) is 2. The van der Waals surface area contributed by atoms with Gasteiger partial charge in [-0.2, -0.15) is 0 Å². The first kappa shape index (κ1) is 26.8. The number of nitrogens with zero attached hydrogens (tertiary/aromatic N) is 3. The zero-order valence-electron chi connectivity index (χ0n) is 20.5. The molecular weight excluding hydrogens is 466 g/mol. The second-order valence-electron chi connectivity index (χ2n) is 8.71. The maximum Gasteiger partial charge on any atom is 0.254 e. The number of amides is 3. The molecule has 0 unspecified atom stereocenters. The number of piperidine rings is 1. The minimum atomic E-state index is -0.353. The smallest absolute Gasteiger partial charge is 0.254 e. The van der Waals surface area contributed by atoms with Gasteiger partial charge in [0.2, 0.25) is 11.8 Å². The van der Waals surface area contributed by atoms with Gasteiger partial charge in [-0.1, -0.05) is 24.1 Å². The van der Waals surface area contributed by atoms with Crippen LogP contribution in [0.2, 0.25) is 0 Å². The van der Waals surface area contributed by atoms with E-state index < -0.39 is 0 Å². The molecule has 10 heteroatoms. The van der Waals surface area contributed by atoms with E-state index in [0.29, 0.717) is 29.5 Å². The van der Waals surface area contributed by atoms with Gasteiger partial charge in [0.05, 0.1) is 18.7 Å². The average molecular weight is 502 g/mol. The second-order valence-corrected chi connectivity index (χ2v) is 9.56. The van der Waals surface area contributed by atoms with Gasteiger partial charge in [-0.3, -0.25) is 14.4 Å². The van der Waals surface area contributed by atoms with Gasteiger partial charge in [0, 0.05) is 37.7 Å². The topological polar surface area (TPSA) is 104 Å². The number of ether oxygens (including phenoxy) is 1. The van der Waals surface area contributed by atoms with Crippen LogP contribution in [-0.4, -0.2) is 85.5 Å². The molecule has 0 spiro atoms. The highest BCUT2D eigenvalue weighted by atomic mass is 32.1. The van der Waals surface area contributed by atoms with E-state index >= 15 is 0 Å². The van der Waals surface area contributed by atoms with Gasteiger partial charge < -0.3 is 25.2 Å². The third-order valence-corrected chi connectivity index (χ3v) is 6.63. The Bertz CT molecular complexity index is 972. The first-order chi connectivity index (χ1) is 16.9. The number of aromatic nitrogens is 1. The van der Waals surface area contributed by atoms with E-state index in [9.17, 15) is 14.4 Å². The average Bonchev–Trinajstić information content (AvgIpc) is 3.28. The first-order valence-corrected chi connectivity index (χ1v) is 12.9. The second kappa shape index (κ2) is 13.9. The van der Waals surface area contributed by atoms with E-state index in [-0.39, 0.29) is 37.2 Å². The standard InChI is InChI=1S/C25H35N5O4S/c1-19-6-8-20(9-7-19)24(33)30(14-15-34-2)17-23(32)28-25-27-21(18-35-25)16-22(31)26-10-13-29-11-4-3-5-12-29/h6-9,18H,3-5,10-17H2,1-2H3,(H,26,31)(H,27,28,32). The monoisotopic (exact) mass is 501 g/mol. The number of hydrogen-bond acceptors (Lipinski definition) is 7. The largest absolute Gasteiger partial charge is 0.383 e. The Labute approximate surface area is 210 Å². The lowest BCUT2D eigenvalue weighted by molar-refractivity contribution is -0.120. The number of rotatable bonds is 12. The van der Waals surface area contributed by atoms with Crippen molar-refractivity contribution in [1.29, 1.82) is 0 Å². The van der Waals surface area contributed by atoms with Gasteiger partial charge in [0.15, 0.2) is 5.13 Å². The van der Waals surface area contributed by atoms with Gasteiger partial charge in [0.25, 0.3) is 5.91 Å². The summed E-state index contributed by atoms with van der Waals surface area (Å²) in [4.78, 5) is 46.0. The minimum Gasteiger partial charge on any atom is -0.383 e. The summed E-state index contributed by atoms with van der Waals surface area (Å²) in [6.45, 7) is 6.13. The van der Waals surface area contributed by atoms with Crippen molar-refractivity contribution in [3.05, 3.63) is 46.5 Å². The van der Waals surface area contributed by atoms with E-state index in [4.69, 9.17) is 4.74 Å². The highest BCUT2D eigenvalue weighted by molar-refractivity contribution is 7.13. The molecule has 1 aromatic heterocycles. The summed E-state index contributed by atoms with van der Waals surface area (Å²) in [5, 5.41) is 7.85. The van der Waals surface area contributed by atoms with Gasteiger partial charge in [-0.15, -0.1) is 11.3 Å². The number of likely N-dealkylation sites (tertiary alicyclic amines) is 1. The van der Waals surface area contributed by atoms with E-state index in [2.05, 4.69) is 20.5 Å². The number of methoxy groups -OCH3 is 1. The normalized spacial score (nSPS) is 13.9. The SMILES string of the molecule is COCCN(CC(=O)Nc1nc(CC(=O)NCCN2CCCCC2)cs1)C(=O)c1ccc(C)cc1. The van der Waals surface area contributed by atoms with Crippen molar-refractivity contribution < 1.29 is 19.1 Å². The maximum absolute atomic E-state index is 12.9. The summed E-state index contributed by atoms with van der Waals surface area (Å²) < 4.78 is 5.10. The molecule has 9 nitrogen and oxygen atoms in total. The Morgan fingerprint density at radius 3 is 2.57 bits per heavy atom. The Hall–Kier alpha value is -2.82. The van der Waals surface area contributed by atoms with E-state index in [0.717, 1.165) is 25.2 Å². The molecule has 1 aromatic carbocycles. The third kappa shape index (κ3) is 9.04. The molecule has 0 aliphatic carbocycles. The molecule has 0 radical (unpaired) electrons. The van der Waals surface area contributed by atoms with E-state index in [1.807, 2.05) is 19.1 Å². The molecule has 1 aliphatic heterocycles. The number of thiazole rings is 1. The van der Waals surface area contributed by atoms with Crippen molar-refractivity contribution in [3.63, 3.8) is 0 Å². The van der Waals surface area contributed by atoms with Crippen LogP contribution in [0, 0.1) is 6.92 Å². The fraction of sp³-hybridized carbons (Fsp3) is 0.520. The first-order valence-electron chi connectivity index (χ1n) is 12.0. The number of aryl methyl sites for hydroxylation is 1. The molecule has 0 saturated carbocycles.